The number of nitrogens with one attached hydrogen (secondary N) is 1. The number of nitriles is 1. The molecule has 26 heavy (non-hydrogen) atoms. The van der Waals surface area contributed by atoms with Gasteiger partial charge in [0, 0.05) is 49.8 Å². The molecule has 3 aromatic rings. The van der Waals surface area contributed by atoms with Crippen LogP contribution in [0.3, 0.4) is 0 Å². The van der Waals surface area contributed by atoms with Crippen molar-refractivity contribution in [2.24, 2.45) is 21.1 Å². The molecule has 8 heteroatoms. The second-order valence-electron chi connectivity index (χ2n) is 6.14. The number of aryl methyl sites for hydroxylation is 1. The molecule has 0 aliphatic heterocycles. The minimum Gasteiger partial charge on any atom is -0.370 e. The third-order valence-electron chi connectivity index (χ3n) is 4.50. The molecule has 0 bridgehead atoms. The minimum atomic E-state index is -0.599. The summed E-state index contributed by atoms with van der Waals surface area (Å²) in [6, 6.07) is 7.62. The average molecular weight is 372 g/mol. The first-order valence-electron chi connectivity index (χ1n) is 8.02. The van der Waals surface area contributed by atoms with Gasteiger partial charge in [-0.15, -0.1) is 0 Å². The van der Waals surface area contributed by atoms with Crippen LogP contribution in [0.5, 0.6) is 0 Å². The van der Waals surface area contributed by atoms with Crippen LogP contribution in [0, 0.1) is 11.3 Å². The number of hydrogen-bond donors (Lipinski definition) is 1. The van der Waals surface area contributed by atoms with Gasteiger partial charge >= 0.3 is 5.69 Å². The SMILES string of the molecule is Cn1c(NCCc2cn(C)c3cc(Cl)ccc23)c(C#N)c(=O)n(C)c1=O. The molecule has 134 valence electrons. The van der Waals surface area contributed by atoms with Crippen LogP contribution in [-0.4, -0.2) is 20.2 Å². The number of halogens is 1. The summed E-state index contributed by atoms with van der Waals surface area (Å²) in [6.07, 6.45) is 2.68. The monoisotopic (exact) mass is 371 g/mol. The molecular formula is C18H18ClN5O2. The van der Waals surface area contributed by atoms with E-state index in [1.807, 2.05) is 42.1 Å². The number of benzene rings is 1. The van der Waals surface area contributed by atoms with Crippen molar-refractivity contribution >= 4 is 28.3 Å². The van der Waals surface area contributed by atoms with E-state index >= 15 is 0 Å². The first kappa shape index (κ1) is 17.8. The summed E-state index contributed by atoms with van der Waals surface area (Å²) in [6.45, 7) is 0.469. The Balaban J connectivity index is 1.89. The van der Waals surface area contributed by atoms with E-state index in [2.05, 4.69) is 5.32 Å². The molecule has 3 rings (SSSR count). The van der Waals surface area contributed by atoms with E-state index < -0.39 is 11.2 Å². The highest BCUT2D eigenvalue weighted by Gasteiger charge is 2.15. The van der Waals surface area contributed by atoms with Crippen LogP contribution in [-0.2, 0) is 27.6 Å². The molecule has 0 spiro atoms. The summed E-state index contributed by atoms with van der Waals surface area (Å²) in [4.78, 5) is 24.2. The lowest BCUT2D eigenvalue weighted by molar-refractivity contribution is 0.685. The van der Waals surface area contributed by atoms with Gasteiger partial charge in [0.05, 0.1) is 0 Å². The molecule has 0 aliphatic rings. The topological polar surface area (TPSA) is 84.8 Å². The van der Waals surface area contributed by atoms with E-state index in [1.54, 1.807) is 0 Å². The van der Waals surface area contributed by atoms with Crippen LogP contribution < -0.4 is 16.6 Å². The second kappa shape index (κ2) is 6.73. The van der Waals surface area contributed by atoms with Crippen molar-refractivity contribution in [3.8, 4) is 6.07 Å². The van der Waals surface area contributed by atoms with Crippen molar-refractivity contribution in [3.63, 3.8) is 0 Å². The predicted octanol–water partition coefficient (Wildman–Crippen LogP) is 1.76. The normalized spacial score (nSPS) is 10.9. The Morgan fingerprint density at radius 3 is 2.62 bits per heavy atom. The van der Waals surface area contributed by atoms with E-state index in [1.165, 1.54) is 18.7 Å². The van der Waals surface area contributed by atoms with Gasteiger partial charge in [-0.1, -0.05) is 17.7 Å². The van der Waals surface area contributed by atoms with Crippen molar-refractivity contribution < 1.29 is 0 Å². The molecule has 0 unspecified atom stereocenters. The van der Waals surface area contributed by atoms with Crippen molar-refractivity contribution in [1.29, 1.82) is 5.26 Å². The Morgan fingerprint density at radius 2 is 1.92 bits per heavy atom. The molecule has 0 atom stereocenters. The maximum absolute atomic E-state index is 12.1. The summed E-state index contributed by atoms with van der Waals surface area (Å²) < 4.78 is 4.21. The molecule has 0 amide bonds. The van der Waals surface area contributed by atoms with Crippen LogP contribution in [0.25, 0.3) is 10.9 Å². The summed E-state index contributed by atoms with van der Waals surface area (Å²) in [7, 11) is 4.84. The highest BCUT2D eigenvalue weighted by atomic mass is 35.5. The zero-order chi connectivity index (χ0) is 19.0. The van der Waals surface area contributed by atoms with Gasteiger partial charge in [-0.3, -0.25) is 13.9 Å². The smallest absolute Gasteiger partial charge is 0.332 e. The third kappa shape index (κ3) is 2.89. The maximum Gasteiger partial charge on any atom is 0.332 e. The van der Waals surface area contributed by atoms with E-state index in [4.69, 9.17) is 11.6 Å². The predicted molar refractivity (Wildman–Crippen MR) is 102 cm³/mol. The van der Waals surface area contributed by atoms with Gasteiger partial charge in [-0.2, -0.15) is 5.26 Å². The first-order valence-corrected chi connectivity index (χ1v) is 8.40. The Kier molecular flexibility index (Phi) is 4.62. The van der Waals surface area contributed by atoms with E-state index in [0.29, 0.717) is 18.0 Å². The number of anilines is 1. The number of hydrogen-bond acceptors (Lipinski definition) is 4. The lowest BCUT2D eigenvalue weighted by Crippen LogP contribution is -2.40. The molecule has 0 saturated heterocycles. The van der Waals surface area contributed by atoms with Crippen LogP contribution in [0.1, 0.15) is 11.1 Å². The zero-order valence-electron chi connectivity index (χ0n) is 14.7. The molecule has 2 aromatic heterocycles. The summed E-state index contributed by atoms with van der Waals surface area (Å²) in [5, 5.41) is 14.1. The lowest BCUT2D eigenvalue weighted by Gasteiger charge is -2.13. The Labute approximate surface area is 154 Å². The quantitative estimate of drug-likeness (QED) is 0.757. The fraction of sp³-hybridized carbons (Fsp3) is 0.278. The van der Waals surface area contributed by atoms with Crippen molar-refractivity contribution in [2.75, 3.05) is 11.9 Å². The van der Waals surface area contributed by atoms with Gasteiger partial charge < -0.3 is 9.88 Å². The third-order valence-corrected chi connectivity index (χ3v) is 4.73. The van der Waals surface area contributed by atoms with Crippen LogP contribution in [0.2, 0.25) is 5.02 Å². The Morgan fingerprint density at radius 1 is 1.19 bits per heavy atom. The van der Waals surface area contributed by atoms with Gasteiger partial charge in [0.2, 0.25) is 0 Å². The number of fused-ring (bicyclic) bond motifs is 1. The Hall–Kier alpha value is -2.98. The maximum atomic E-state index is 12.1. The molecule has 0 aliphatic carbocycles. The molecule has 0 radical (unpaired) electrons. The Bertz CT molecular complexity index is 1160. The number of nitrogens with zero attached hydrogens (tertiary/aromatic N) is 4. The molecule has 7 nitrogen and oxygen atoms in total. The average Bonchev–Trinajstić information content (AvgIpc) is 2.93. The van der Waals surface area contributed by atoms with Gasteiger partial charge in [-0.25, -0.2) is 4.79 Å². The molecule has 0 fully saturated rings. The van der Waals surface area contributed by atoms with Crippen molar-refractivity contribution in [3.05, 3.63) is 61.4 Å². The van der Waals surface area contributed by atoms with E-state index in [9.17, 15) is 14.9 Å². The highest BCUT2D eigenvalue weighted by Crippen LogP contribution is 2.24. The van der Waals surface area contributed by atoms with Gasteiger partial charge in [0.25, 0.3) is 5.56 Å². The second-order valence-corrected chi connectivity index (χ2v) is 6.58. The molecule has 1 aromatic carbocycles. The highest BCUT2D eigenvalue weighted by molar-refractivity contribution is 6.31. The fourth-order valence-electron chi connectivity index (χ4n) is 3.11. The largest absolute Gasteiger partial charge is 0.370 e. The summed E-state index contributed by atoms with van der Waals surface area (Å²) >= 11 is 6.06. The standard InChI is InChI=1S/C18H18ClN5O2/c1-22-10-11(13-5-4-12(19)8-15(13)22)6-7-21-16-14(9-20)17(25)24(3)18(26)23(16)2/h4-5,8,10,21H,6-7H2,1-3H3. The van der Waals surface area contributed by atoms with Crippen molar-refractivity contribution in [2.45, 2.75) is 6.42 Å². The molecular weight excluding hydrogens is 354 g/mol. The van der Waals surface area contributed by atoms with Crippen LogP contribution >= 0.6 is 11.6 Å². The van der Waals surface area contributed by atoms with Crippen LogP contribution in [0.15, 0.2) is 34.0 Å². The van der Waals surface area contributed by atoms with Gasteiger partial charge in [0.1, 0.15) is 11.9 Å². The lowest BCUT2D eigenvalue weighted by atomic mass is 10.1. The first-order chi connectivity index (χ1) is 12.3. The van der Waals surface area contributed by atoms with E-state index in [0.717, 1.165) is 21.0 Å². The van der Waals surface area contributed by atoms with Gasteiger partial charge in [0.15, 0.2) is 5.56 Å². The van der Waals surface area contributed by atoms with Crippen LogP contribution in [0.4, 0.5) is 5.82 Å². The zero-order valence-corrected chi connectivity index (χ0v) is 15.5. The fourth-order valence-corrected chi connectivity index (χ4v) is 3.27. The summed E-state index contributed by atoms with van der Waals surface area (Å²) in [5.41, 5.74) is 0.999. The molecule has 0 saturated carbocycles. The minimum absolute atomic E-state index is 0.0701. The molecule has 2 heterocycles. The summed E-state index contributed by atoms with van der Waals surface area (Å²) in [5.74, 6) is 0.240. The van der Waals surface area contributed by atoms with Gasteiger partial charge in [-0.05, 0) is 24.1 Å². The number of rotatable bonds is 4. The molecule has 1 N–H and O–H groups in total. The van der Waals surface area contributed by atoms with E-state index in [-0.39, 0.29) is 11.4 Å². The number of aromatic nitrogens is 3. The van der Waals surface area contributed by atoms with Crippen molar-refractivity contribution in [1.82, 2.24) is 13.7 Å².